The SMILES string of the molecule is CCNC(=NCc1cc(OC)c(OC)c(OC)c1)NCCOc1ccccc1Cl. The first-order valence-electron chi connectivity index (χ1n) is 9.31. The fourth-order valence-electron chi connectivity index (χ4n) is 2.63. The van der Waals surface area contributed by atoms with E-state index in [0.717, 1.165) is 12.1 Å². The van der Waals surface area contributed by atoms with E-state index in [2.05, 4.69) is 15.6 Å². The van der Waals surface area contributed by atoms with Crippen LogP contribution in [0.4, 0.5) is 0 Å². The number of guanidine groups is 1. The van der Waals surface area contributed by atoms with E-state index in [1.807, 2.05) is 37.3 Å². The molecule has 0 heterocycles. The maximum Gasteiger partial charge on any atom is 0.203 e. The van der Waals surface area contributed by atoms with Crippen LogP contribution >= 0.6 is 11.6 Å². The molecule has 0 radical (unpaired) electrons. The molecule has 0 saturated heterocycles. The normalized spacial score (nSPS) is 11.0. The number of benzene rings is 2. The first-order valence-corrected chi connectivity index (χ1v) is 9.69. The number of aliphatic imine (C=N–C) groups is 1. The van der Waals surface area contributed by atoms with Gasteiger partial charge in [-0.1, -0.05) is 23.7 Å². The lowest BCUT2D eigenvalue weighted by molar-refractivity contribution is 0.322. The fourth-order valence-corrected chi connectivity index (χ4v) is 2.82. The predicted octanol–water partition coefficient (Wildman–Crippen LogP) is 3.50. The molecule has 7 nitrogen and oxygen atoms in total. The van der Waals surface area contributed by atoms with Gasteiger partial charge in [0.1, 0.15) is 12.4 Å². The minimum atomic E-state index is 0.442. The van der Waals surface area contributed by atoms with Crippen molar-refractivity contribution in [2.24, 2.45) is 4.99 Å². The Labute approximate surface area is 177 Å². The third kappa shape index (κ3) is 6.64. The van der Waals surface area contributed by atoms with E-state index < -0.39 is 0 Å². The van der Waals surface area contributed by atoms with Crippen LogP contribution in [-0.2, 0) is 6.54 Å². The molecule has 0 unspecified atom stereocenters. The number of hydrogen-bond donors (Lipinski definition) is 2. The Kier molecular flexibility index (Phi) is 9.24. The highest BCUT2D eigenvalue weighted by molar-refractivity contribution is 6.32. The fraction of sp³-hybridized carbons (Fsp3) is 0.381. The zero-order chi connectivity index (χ0) is 21.1. The van der Waals surface area contributed by atoms with Crippen LogP contribution in [0.2, 0.25) is 5.02 Å². The van der Waals surface area contributed by atoms with Crippen LogP contribution in [0.5, 0.6) is 23.0 Å². The molecule has 0 aliphatic carbocycles. The standard InChI is InChI=1S/C21H28ClN3O4/c1-5-23-21(24-10-11-29-17-9-7-6-8-16(17)22)25-14-15-12-18(26-2)20(28-4)19(13-15)27-3/h6-9,12-13H,5,10-11,14H2,1-4H3,(H2,23,24,25). The Morgan fingerprint density at radius 3 is 2.24 bits per heavy atom. The van der Waals surface area contributed by atoms with Gasteiger partial charge < -0.3 is 29.6 Å². The number of halogens is 1. The highest BCUT2D eigenvalue weighted by atomic mass is 35.5. The lowest BCUT2D eigenvalue weighted by Gasteiger charge is -2.15. The Morgan fingerprint density at radius 2 is 1.66 bits per heavy atom. The molecule has 0 atom stereocenters. The molecule has 0 amide bonds. The molecule has 2 aromatic carbocycles. The summed E-state index contributed by atoms with van der Waals surface area (Å²) in [7, 11) is 4.76. The van der Waals surface area contributed by atoms with Crippen LogP contribution in [0.25, 0.3) is 0 Å². The van der Waals surface area contributed by atoms with Crippen LogP contribution in [-0.4, -0.2) is 47.0 Å². The molecule has 2 N–H and O–H groups in total. The average Bonchev–Trinajstić information content (AvgIpc) is 2.75. The van der Waals surface area contributed by atoms with E-state index in [9.17, 15) is 0 Å². The van der Waals surface area contributed by atoms with Crippen LogP contribution < -0.4 is 29.6 Å². The second-order valence-electron chi connectivity index (χ2n) is 5.93. The van der Waals surface area contributed by atoms with Gasteiger partial charge in [-0.05, 0) is 36.8 Å². The highest BCUT2D eigenvalue weighted by Gasteiger charge is 2.13. The summed E-state index contributed by atoms with van der Waals surface area (Å²) in [5, 5.41) is 7.05. The Hall–Kier alpha value is -2.80. The molecule has 2 rings (SSSR count). The van der Waals surface area contributed by atoms with Crippen molar-refractivity contribution in [2.75, 3.05) is 41.0 Å². The van der Waals surface area contributed by atoms with Crippen LogP contribution in [0, 0.1) is 0 Å². The topological polar surface area (TPSA) is 73.3 Å². The zero-order valence-corrected chi connectivity index (χ0v) is 18.0. The van der Waals surface area contributed by atoms with E-state index in [1.165, 1.54) is 0 Å². The summed E-state index contributed by atoms with van der Waals surface area (Å²) in [6.45, 7) is 4.23. The molecule has 8 heteroatoms. The Balaban J connectivity index is 1.98. The second-order valence-corrected chi connectivity index (χ2v) is 6.34. The summed E-state index contributed by atoms with van der Waals surface area (Å²) < 4.78 is 21.8. The van der Waals surface area contributed by atoms with Crippen molar-refractivity contribution in [3.8, 4) is 23.0 Å². The Morgan fingerprint density at radius 1 is 0.966 bits per heavy atom. The van der Waals surface area contributed by atoms with E-state index >= 15 is 0 Å². The number of hydrogen-bond acceptors (Lipinski definition) is 5. The highest BCUT2D eigenvalue weighted by Crippen LogP contribution is 2.38. The number of ether oxygens (including phenoxy) is 4. The summed E-state index contributed by atoms with van der Waals surface area (Å²) in [5.74, 6) is 3.11. The summed E-state index contributed by atoms with van der Waals surface area (Å²) in [6.07, 6.45) is 0. The van der Waals surface area contributed by atoms with Crippen molar-refractivity contribution in [3.05, 3.63) is 47.0 Å². The zero-order valence-electron chi connectivity index (χ0n) is 17.3. The number of rotatable bonds is 10. The number of methoxy groups -OCH3 is 3. The summed E-state index contributed by atoms with van der Waals surface area (Å²) >= 11 is 6.09. The summed E-state index contributed by atoms with van der Waals surface area (Å²) in [4.78, 5) is 4.61. The van der Waals surface area contributed by atoms with Crippen molar-refractivity contribution in [3.63, 3.8) is 0 Å². The number of nitrogens with zero attached hydrogens (tertiary/aromatic N) is 1. The maximum absolute atomic E-state index is 6.09. The Bertz CT molecular complexity index is 789. The maximum atomic E-state index is 6.09. The van der Waals surface area contributed by atoms with Crippen LogP contribution in [0.3, 0.4) is 0 Å². The molecule has 158 valence electrons. The van der Waals surface area contributed by atoms with Gasteiger partial charge in [0.15, 0.2) is 17.5 Å². The largest absolute Gasteiger partial charge is 0.493 e. The van der Waals surface area contributed by atoms with Gasteiger partial charge in [-0.15, -0.1) is 0 Å². The van der Waals surface area contributed by atoms with Crippen molar-refractivity contribution in [1.29, 1.82) is 0 Å². The van der Waals surface area contributed by atoms with Crippen LogP contribution in [0.15, 0.2) is 41.4 Å². The predicted molar refractivity (Wildman–Crippen MR) is 116 cm³/mol. The van der Waals surface area contributed by atoms with Gasteiger partial charge >= 0.3 is 0 Å². The second kappa shape index (κ2) is 11.9. The number of para-hydroxylation sites is 1. The third-order valence-electron chi connectivity index (χ3n) is 3.98. The molecule has 0 bridgehead atoms. The van der Waals surface area contributed by atoms with Gasteiger partial charge in [-0.25, -0.2) is 4.99 Å². The van der Waals surface area contributed by atoms with Gasteiger partial charge in [0.2, 0.25) is 5.75 Å². The van der Waals surface area contributed by atoms with Gasteiger partial charge in [0.25, 0.3) is 0 Å². The lowest BCUT2D eigenvalue weighted by Crippen LogP contribution is -2.39. The smallest absolute Gasteiger partial charge is 0.203 e. The molecule has 0 fully saturated rings. The first-order chi connectivity index (χ1) is 14.1. The molecule has 0 aliphatic heterocycles. The molecule has 2 aromatic rings. The minimum Gasteiger partial charge on any atom is -0.493 e. The summed E-state index contributed by atoms with van der Waals surface area (Å²) in [5.41, 5.74) is 0.934. The first kappa shape index (κ1) is 22.5. The third-order valence-corrected chi connectivity index (χ3v) is 4.29. The summed E-state index contributed by atoms with van der Waals surface area (Å²) in [6, 6.07) is 11.2. The molecule has 0 aliphatic rings. The van der Waals surface area contributed by atoms with E-state index in [4.69, 9.17) is 30.5 Å². The number of nitrogens with one attached hydrogen (secondary N) is 2. The van der Waals surface area contributed by atoms with Gasteiger partial charge in [0.05, 0.1) is 39.4 Å². The van der Waals surface area contributed by atoms with Gasteiger partial charge in [0, 0.05) is 6.54 Å². The van der Waals surface area contributed by atoms with Crippen molar-refractivity contribution in [2.45, 2.75) is 13.5 Å². The molecule has 0 aromatic heterocycles. The minimum absolute atomic E-state index is 0.442. The lowest BCUT2D eigenvalue weighted by atomic mass is 10.2. The van der Waals surface area contributed by atoms with Crippen molar-refractivity contribution < 1.29 is 18.9 Å². The molecule has 0 saturated carbocycles. The van der Waals surface area contributed by atoms with E-state index in [1.54, 1.807) is 27.4 Å². The molecule has 0 spiro atoms. The van der Waals surface area contributed by atoms with E-state index in [0.29, 0.717) is 53.7 Å². The van der Waals surface area contributed by atoms with E-state index in [-0.39, 0.29) is 0 Å². The molecular weight excluding hydrogens is 394 g/mol. The van der Waals surface area contributed by atoms with Gasteiger partial charge in [-0.3, -0.25) is 0 Å². The quantitative estimate of drug-likeness (QED) is 0.347. The molecular formula is C21H28ClN3O4. The van der Waals surface area contributed by atoms with Crippen molar-refractivity contribution >= 4 is 17.6 Å². The average molecular weight is 422 g/mol. The van der Waals surface area contributed by atoms with Gasteiger partial charge in [-0.2, -0.15) is 0 Å². The van der Waals surface area contributed by atoms with Crippen LogP contribution in [0.1, 0.15) is 12.5 Å². The monoisotopic (exact) mass is 421 g/mol. The van der Waals surface area contributed by atoms with Crippen molar-refractivity contribution in [1.82, 2.24) is 10.6 Å². The molecule has 29 heavy (non-hydrogen) atoms.